The smallest absolute Gasteiger partial charge is 0.129 e. The molecule has 0 radical (unpaired) electrons. The Labute approximate surface area is 142 Å². The van der Waals surface area contributed by atoms with E-state index in [1.165, 1.54) is 6.07 Å². The number of hydrogen-bond acceptors (Lipinski definition) is 4. The highest BCUT2D eigenvalue weighted by Gasteiger charge is 2.35. The molecule has 3 rings (SSSR count). The average molecular weight is 329 g/mol. The van der Waals surface area contributed by atoms with Crippen LogP contribution >= 0.6 is 0 Å². The lowest BCUT2D eigenvalue weighted by molar-refractivity contribution is -0.0303. The molecule has 1 saturated heterocycles. The average Bonchev–Trinajstić information content (AvgIpc) is 2.59. The maximum absolute atomic E-state index is 14.0. The molecule has 1 N–H and O–H groups in total. The van der Waals surface area contributed by atoms with Gasteiger partial charge in [-0.3, -0.25) is 4.90 Å². The third kappa shape index (κ3) is 3.79. The highest BCUT2D eigenvalue weighted by atomic mass is 19.1. The number of likely N-dealkylation sites (tertiary alicyclic amines) is 1. The van der Waals surface area contributed by atoms with E-state index >= 15 is 0 Å². The van der Waals surface area contributed by atoms with Crippen LogP contribution in [-0.2, 0) is 18.6 Å². The summed E-state index contributed by atoms with van der Waals surface area (Å²) in [7, 11) is 0. The first-order valence-corrected chi connectivity index (χ1v) is 8.60. The van der Waals surface area contributed by atoms with Gasteiger partial charge >= 0.3 is 0 Å². The molecule has 0 spiro atoms. The van der Waals surface area contributed by atoms with Crippen molar-refractivity contribution in [3.63, 3.8) is 0 Å². The maximum atomic E-state index is 14.0. The number of rotatable bonds is 5. The van der Waals surface area contributed by atoms with Crippen molar-refractivity contribution in [1.29, 1.82) is 0 Å². The molecule has 1 aromatic heterocycles. The van der Waals surface area contributed by atoms with E-state index in [0.717, 1.165) is 43.9 Å². The summed E-state index contributed by atoms with van der Waals surface area (Å²) < 4.78 is 14.0. The van der Waals surface area contributed by atoms with Gasteiger partial charge in [0.15, 0.2) is 0 Å². The van der Waals surface area contributed by atoms with Gasteiger partial charge in [-0.25, -0.2) is 14.4 Å². The molecule has 1 aliphatic heterocycles. The van der Waals surface area contributed by atoms with Crippen LogP contribution in [0.5, 0.6) is 0 Å². The summed E-state index contributed by atoms with van der Waals surface area (Å²) in [6.07, 6.45) is 6.77. The van der Waals surface area contributed by atoms with E-state index in [0.29, 0.717) is 18.4 Å². The van der Waals surface area contributed by atoms with Gasteiger partial charge in [0.05, 0.1) is 5.60 Å². The van der Waals surface area contributed by atoms with E-state index in [-0.39, 0.29) is 5.82 Å². The van der Waals surface area contributed by atoms with Gasteiger partial charge in [-0.1, -0.05) is 25.1 Å². The third-order valence-electron chi connectivity index (χ3n) is 4.70. The van der Waals surface area contributed by atoms with Crippen LogP contribution in [0, 0.1) is 5.82 Å². The van der Waals surface area contributed by atoms with Crippen molar-refractivity contribution in [2.24, 2.45) is 0 Å². The van der Waals surface area contributed by atoms with Crippen LogP contribution in [0.25, 0.3) is 0 Å². The minimum absolute atomic E-state index is 0.326. The summed E-state index contributed by atoms with van der Waals surface area (Å²) >= 11 is 0. The highest BCUT2D eigenvalue weighted by Crippen LogP contribution is 2.34. The molecule has 0 atom stereocenters. The number of piperidine rings is 1. The maximum Gasteiger partial charge on any atom is 0.129 e. The molecule has 1 aliphatic rings. The third-order valence-corrected chi connectivity index (χ3v) is 4.70. The molecular formula is C19H24FN3O. The van der Waals surface area contributed by atoms with E-state index in [1.54, 1.807) is 18.2 Å². The van der Waals surface area contributed by atoms with Gasteiger partial charge in [-0.15, -0.1) is 0 Å². The van der Waals surface area contributed by atoms with Crippen molar-refractivity contribution in [2.45, 2.75) is 44.8 Å². The highest BCUT2D eigenvalue weighted by molar-refractivity contribution is 5.25. The lowest BCUT2D eigenvalue weighted by Gasteiger charge is -2.38. The lowest BCUT2D eigenvalue weighted by atomic mass is 9.84. The Morgan fingerprint density at radius 2 is 1.83 bits per heavy atom. The summed E-state index contributed by atoms with van der Waals surface area (Å²) in [5, 5.41) is 10.8. The molecule has 5 heteroatoms. The Kier molecular flexibility index (Phi) is 5.21. The quantitative estimate of drug-likeness (QED) is 0.916. The zero-order valence-corrected chi connectivity index (χ0v) is 14.1. The van der Waals surface area contributed by atoms with Gasteiger partial charge in [0.25, 0.3) is 0 Å². The molecule has 2 heterocycles. The molecule has 2 aromatic rings. The number of hydrogen-bond donors (Lipinski definition) is 1. The number of nitrogens with zero attached hydrogens (tertiary/aromatic N) is 3. The van der Waals surface area contributed by atoms with Crippen LogP contribution in [0.15, 0.2) is 36.7 Å². The summed E-state index contributed by atoms with van der Waals surface area (Å²) in [6.45, 7) is 4.32. The normalized spacial score (nSPS) is 17.8. The molecule has 0 saturated carbocycles. The monoisotopic (exact) mass is 329 g/mol. The van der Waals surface area contributed by atoms with Crippen molar-refractivity contribution >= 4 is 0 Å². The summed E-state index contributed by atoms with van der Waals surface area (Å²) in [5.41, 5.74) is 0.423. The zero-order valence-electron chi connectivity index (χ0n) is 14.1. The molecule has 128 valence electrons. The molecule has 24 heavy (non-hydrogen) atoms. The van der Waals surface area contributed by atoms with Crippen molar-refractivity contribution in [3.05, 3.63) is 59.4 Å². The molecule has 0 bridgehead atoms. The molecular weight excluding hydrogens is 305 g/mol. The fourth-order valence-corrected chi connectivity index (χ4v) is 3.26. The Hall–Kier alpha value is -1.85. The van der Waals surface area contributed by atoms with E-state index < -0.39 is 5.60 Å². The lowest BCUT2D eigenvalue weighted by Crippen LogP contribution is -2.42. The van der Waals surface area contributed by atoms with Gasteiger partial charge in [0.1, 0.15) is 11.6 Å². The largest absolute Gasteiger partial charge is 0.385 e. The number of halogens is 1. The van der Waals surface area contributed by atoms with Crippen molar-refractivity contribution < 1.29 is 9.50 Å². The van der Waals surface area contributed by atoms with Gasteiger partial charge in [0, 0.05) is 49.6 Å². The standard InChI is InChI=1S/C19H24FN3O/c1-2-5-18-21-12-15(13-22-18)14-23-10-8-19(24,9-11-23)16-6-3-4-7-17(16)20/h3-4,6-7,12-13,24H,2,5,8-11,14H2,1H3. The predicted molar refractivity (Wildman–Crippen MR) is 90.8 cm³/mol. The number of aliphatic hydroxyl groups is 1. The Balaban J connectivity index is 1.60. The first kappa shape index (κ1) is 17.0. The van der Waals surface area contributed by atoms with Crippen molar-refractivity contribution in [2.75, 3.05) is 13.1 Å². The van der Waals surface area contributed by atoms with Gasteiger partial charge < -0.3 is 5.11 Å². The van der Waals surface area contributed by atoms with Crippen LogP contribution < -0.4 is 0 Å². The summed E-state index contributed by atoms with van der Waals surface area (Å²) in [4.78, 5) is 11.0. The minimum Gasteiger partial charge on any atom is -0.385 e. The molecule has 0 unspecified atom stereocenters. The van der Waals surface area contributed by atoms with Crippen molar-refractivity contribution in [3.8, 4) is 0 Å². The first-order chi connectivity index (χ1) is 11.6. The topological polar surface area (TPSA) is 49.2 Å². The fourth-order valence-electron chi connectivity index (χ4n) is 3.26. The second-order valence-electron chi connectivity index (χ2n) is 6.55. The van der Waals surface area contributed by atoms with E-state index in [1.807, 2.05) is 12.4 Å². The summed E-state index contributed by atoms with van der Waals surface area (Å²) in [6, 6.07) is 6.53. The SMILES string of the molecule is CCCc1ncc(CN2CCC(O)(c3ccccc3F)CC2)cn1. The van der Waals surface area contributed by atoms with Gasteiger partial charge in [-0.05, 0) is 25.3 Å². The van der Waals surface area contributed by atoms with E-state index in [9.17, 15) is 9.50 Å². The van der Waals surface area contributed by atoms with E-state index in [2.05, 4.69) is 21.8 Å². The van der Waals surface area contributed by atoms with Gasteiger partial charge in [-0.2, -0.15) is 0 Å². The minimum atomic E-state index is -1.07. The van der Waals surface area contributed by atoms with Crippen LogP contribution in [0.4, 0.5) is 4.39 Å². The first-order valence-electron chi connectivity index (χ1n) is 8.60. The molecule has 4 nitrogen and oxygen atoms in total. The summed E-state index contributed by atoms with van der Waals surface area (Å²) in [5.74, 6) is 0.558. The molecule has 1 aromatic carbocycles. The Bertz CT molecular complexity index is 667. The Morgan fingerprint density at radius 1 is 1.17 bits per heavy atom. The van der Waals surface area contributed by atoms with Gasteiger partial charge in [0.2, 0.25) is 0 Å². The number of benzene rings is 1. The van der Waals surface area contributed by atoms with Crippen molar-refractivity contribution in [1.82, 2.24) is 14.9 Å². The number of aryl methyl sites for hydroxylation is 1. The predicted octanol–water partition coefficient (Wildman–Crippen LogP) is 3.05. The fraction of sp³-hybridized carbons (Fsp3) is 0.474. The zero-order chi connectivity index (χ0) is 17.0. The van der Waals surface area contributed by atoms with Crippen LogP contribution in [0.1, 0.15) is 43.1 Å². The molecule has 0 aliphatic carbocycles. The van der Waals surface area contributed by atoms with Crippen LogP contribution in [0.3, 0.4) is 0 Å². The molecule has 1 fully saturated rings. The number of aromatic nitrogens is 2. The van der Waals surface area contributed by atoms with Crippen LogP contribution in [-0.4, -0.2) is 33.1 Å². The van der Waals surface area contributed by atoms with Crippen LogP contribution in [0.2, 0.25) is 0 Å². The molecule has 0 amide bonds. The second-order valence-corrected chi connectivity index (χ2v) is 6.55. The second kappa shape index (κ2) is 7.36. The Morgan fingerprint density at radius 3 is 2.46 bits per heavy atom. The van der Waals surface area contributed by atoms with E-state index in [4.69, 9.17) is 0 Å².